The zero-order chi connectivity index (χ0) is 21.8. The lowest BCUT2D eigenvalue weighted by Gasteiger charge is -2.22. The fraction of sp³-hybridized carbons (Fsp3) is 0.125. The van der Waals surface area contributed by atoms with Crippen molar-refractivity contribution in [3.8, 4) is 0 Å². The summed E-state index contributed by atoms with van der Waals surface area (Å²) in [5.41, 5.74) is 4.20. The summed E-state index contributed by atoms with van der Waals surface area (Å²) in [4.78, 5) is 19.6. The number of amides is 1. The Morgan fingerprint density at radius 1 is 1.06 bits per heavy atom. The van der Waals surface area contributed by atoms with Crippen molar-refractivity contribution < 1.29 is 4.79 Å². The Morgan fingerprint density at radius 3 is 2.45 bits per heavy atom. The van der Waals surface area contributed by atoms with Crippen LogP contribution in [-0.4, -0.2) is 29.9 Å². The van der Waals surface area contributed by atoms with Gasteiger partial charge in [0.2, 0.25) is 6.17 Å². The van der Waals surface area contributed by atoms with Crippen LogP contribution in [0.3, 0.4) is 0 Å². The Morgan fingerprint density at radius 2 is 1.74 bits per heavy atom. The third kappa shape index (κ3) is 4.76. The smallest absolute Gasteiger partial charge is 0.272 e. The van der Waals surface area contributed by atoms with Crippen molar-refractivity contribution in [2.24, 2.45) is 4.99 Å². The molecular formula is C24H21ClN4OS. The minimum Gasteiger partial charge on any atom is -0.359 e. The summed E-state index contributed by atoms with van der Waals surface area (Å²) in [7, 11) is 1.73. The summed E-state index contributed by atoms with van der Waals surface area (Å²) in [6.45, 7) is 0.550. The summed E-state index contributed by atoms with van der Waals surface area (Å²) in [5, 5.41) is 7.15. The average Bonchev–Trinajstić information content (AvgIpc) is 2.89. The summed E-state index contributed by atoms with van der Waals surface area (Å²) in [6.07, 6.45) is -0.873. The Kier molecular flexibility index (Phi) is 6.30. The topological polar surface area (TPSA) is 56.7 Å². The number of benzodiazepines with no additional fused rings is 1. The lowest BCUT2D eigenvalue weighted by molar-refractivity contribution is -0.119. The molecule has 0 aliphatic carbocycles. The monoisotopic (exact) mass is 448 g/mol. The number of rotatable bonds is 4. The van der Waals surface area contributed by atoms with Gasteiger partial charge in [0.15, 0.2) is 5.11 Å². The van der Waals surface area contributed by atoms with E-state index in [0.717, 1.165) is 22.4 Å². The van der Waals surface area contributed by atoms with Gasteiger partial charge in [-0.1, -0.05) is 72.3 Å². The van der Waals surface area contributed by atoms with E-state index in [0.29, 0.717) is 22.4 Å². The molecule has 1 amide bonds. The highest BCUT2D eigenvalue weighted by Gasteiger charge is 2.30. The van der Waals surface area contributed by atoms with E-state index in [2.05, 4.69) is 10.6 Å². The number of halogens is 1. The maximum atomic E-state index is 13.2. The highest BCUT2D eigenvalue weighted by atomic mass is 35.5. The molecule has 0 aromatic heterocycles. The number of nitrogens with one attached hydrogen (secondary N) is 2. The lowest BCUT2D eigenvalue weighted by Crippen LogP contribution is -2.49. The summed E-state index contributed by atoms with van der Waals surface area (Å²) >= 11 is 11.7. The number of fused-ring (bicyclic) bond motifs is 1. The predicted octanol–water partition coefficient (Wildman–Crippen LogP) is 4.14. The molecule has 0 bridgehead atoms. The molecule has 0 radical (unpaired) electrons. The first-order valence-corrected chi connectivity index (χ1v) is 10.6. The van der Waals surface area contributed by atoms with Crippen molar-refractivity contribution in [3.05, 3.63) is 101 Å². The number of anilines is 1. The van der Waals surface area contributed by atoms with Crippen molar-refractivity contribution in [2.75, 3.05) is 11.9 Å². The van der Waals surface area contributed by atoms with Gasteiger partial charge in [0, 0.05) is 29.7 Å². The molecule has 1 heterocycles. The van der Waals surface area contributed by atoms with Crippen LogP contribution in [-0.2, 0) is 11.3 Å². The first-order chi connectivity index (χ1) is 15.0. The van der Waals surface area contributed by atoms with Gasteiger partial charge in [0.05, 0.1) is 11.4 Å². The first kappa shape index (κ1) is 21.0. The second-order valence-corrected chi connectivity index (χ2v) is 7.96. The molecule has 156 valence electrons. The van der Waals surface area contributed by atoms with E-state index in [9.17, 15) is 4.79 Å². The Bertz CT molecular complexity index is 1130. The molecule has 1 unspecified atom stereocenters. The second-order valence-electron chi connectivity index (χ2n) is 7.12. The molecule has 5 nitrogen and oxygen atoms in total. The van der Waals surface area contributed by atoms with E-state index in [4.69, 9.17) is 28.8 Å². The number of benzene rings is 3. The first-order valence-electron chi connectivity index (χ1n) is 9.82. The molecule has 3 aromatic carbocycles. The van der Waals surface area contributed by atoms with Crippen molar-refractivity contribution in [1.29, 1.82) is 0 Å². The number of nitrogens with zero attached hydrogens (tertiary/aromatic N) is 2. The fourth-order valence-corrected chi connectivity index (χ4v) is 3.78. The number of likely N-dealkylation sites (N-methyl/N-ethyl adjacent to an activating group) is 1. The maximum Gasteiger partial charge on any atom is 0.272 e. The normalized spacial score (nSPS) is 15.5. The molecule has 4 rings (SSSR count). The van der Waals surface area contributed by atoms with Gasteiger partial charge in [0.1, 0.15) is 0 Å². The van der Waals surface area contributed by atoms with Crippen LogP contribution in [0, 0.1) is 0 Å². The van der Waals surface area contributed by atoms with Crippen LogP contribution in [0.25, 0.3) is 0 Å². The number of hydrogen-bond acceptors (Lipinski definition) is 3. The van der Waals surface area contributed by atoms with Crippen LogP contribution in [0.2, 0.25) is 5.02 Å². The number of thiocarbonyl (C=S) groups is 1. The Balaban J connectivity index is 1.65. The van der Waals surface area contributed by atoms with E-state index in [1.165, 1.54) is 0 Å². The van der Waals surface area contributed by atoms with Crippen molar-refractivity contribution in [1.82, 2.24) is 10.6 Å². The minimum absolute atomic E-state index is 0.210. The Labute approximate surface area is 191 Å². The predicted molar refractivity (Wildman–Crippen MR) is 130 cm³/mol. The van der Waals surface area contributed by atoms with Crippen LogP contribution < -0.4 is 15.5 Å². The third-order valence-electron chi connectivity index (χ3n) is 5.01. The van der Waals surface area contributed by atoms with Gasteiger partial charge < -0.3 is 15.5 Å². The van der Waals surface area contributed by atoms with E-state index in [-0.39, 0.29) is 5.91 Å². The van der Waals surface area contributed by atoms with Gasteiger partial charge in [0.25, 0.3) is 5.91 Å². The number of aliphatic imine (C=N–C) groups is 1. The molecule has 31 heavy (non-hydrogen) atoms. The highest BCUT2D eigenvalue weighted by Crippen LogP contribution is 2.29. The van der Waals surface area contributed by atoms with Gasteiger partial charge in [-0.25, -0.2) is 4.99 Å². The molecule has 1 aliphatic rings. The molecule has 0 saturated heterocycles. The van der Waals surface area contributed by atoms with Gasteiger partial charge in [-0.15, -0.1) is 0 Å². The zero-order valence-corrected chi connectivity index (χ0v) is 18.5. The number of carbonyl (C=O) groups excluding carboxylic acids is 1. The number of carbonyl (C=O) groups is 1. The summed E-state index contributed by atoms with van der Waals surface area (Å²) in [6, 6.07) is 25.1. The molecule has 0 saturated carbocycles. The van der Waals surface area contributed by atoms with E-state index in [1.807, 2.05) is 72.8 Å². The molecular weight excluding hydrogens is 428 g/mol. The fourth-order valence-electron chi connectivity index (χ4n) is 3.42. The number of hydrogen-bond donors (Lipinski definition) is 2. The van der Waals surface area contributed by atoms with Crippen LogP contribution in [0.5, 0.6) is 0 Å². The summed E-state index contributed by atoms with van der Waals surface area (Å²) < 4.78 is 0. The third-order valence-corrected chi connectivity index (χ3v) is 5.51. The van der Waals surface area contributed by atoms with Gasteiger partial charge >= 0.3 is 0 Å². The average molecular weight is 449 g/mol. The standard InChI is InChI=1S/C24H21ClN4OS/c1-29-20-13-12-18(25)14-19(20)21(17-10-6-3-7-11-17)27-22(23(29)30)28-24(31)26-15-16-8-4-2-5-9-16/h2-14,22H,15H2,1H3,(H2,26,28,31). The van der Waals surface area contributed by atoms with Crippen molar-refractivity contribution in [3.63, 3.8) is 0 Å². The zero-order valence-electron chi connectivity index (χ0n) is 16.9. The van der Waals surface area contributed by atoms with Gasteiger partial charge in [-0.05, 0) is 36.0 Å². The van der Waals surface area contributed by atoms with Gasteiger partial charge in [-0.3, -0.25) is 4.79 Å². The molecule has 1 aliphatic heterocycles. The van der Waals surface area contributed by atoms with Crippen LogP contribution in [0.1, 0.15) is 16.7 Å². The van der Waals surface area contributed by atoms with E-state index in [1.54, 1.807) is 18.0 Å². The quantitative estimate of drug-likeness (QED) is 0.589. The lowest BCUT2D eigenvalue weighted by atomic mass is 10.0. The second kappa shape index (κ2) is 9.29. The molecule has 1 atom stereocenters. The molecule has 2 N–H and O–H groups in total. The van der Waals surface area contributed by atoms with Crippen molar-refractivity contribution in [2.45, 2.75) is 12.7 Å². The van der Waals surface area contributed by atoms with Gasteiger partial charge in [-0.2, -0.15) is 0 Å². The maximum absolute atomic E-state index is 13.2. The van der Waals surface area contributed by atoms with Crippen LogP contribution >= 0.6 is 23.8 Å². The van der Waals surface area contributed by atoms with Crippen molar-refractivity contribution >= 4 is 46.2 Å². The molecule has 0 fully saturated rings. The Hall–Kier alpha value is -3.22. The van der Waals surface area contributed by atoms with E-state index >= 15 is 0 Å². The largest absolute Gasteiger partial charge is 0.359 e. The molecule has 7 heteroatoms. The van der Waals surface area contributed by atoms with Crippen LogP contribution in [0.4, 0.5) is 5.69 Å². The molecule has 0 spiro atoms. The summed E-state index contributed by atoms with van der Waals surface area (Å²) in [5.74, 6) is -0.210. The minimum atomic E-state index is -0.873. The SMILES string of the molecule is CN1C(=O)C(NC(=S)NCc2ccccc2)N=C(c2ccccc2)c2cc(Cl)ccc21. The van der Waals surface area contributed by atoms with E-state index < -0.39 is 6.17 Å². The highest BCUT2D eigenvalue weighted by molar-refractivity contribution is 7.80. The van der Waals surface area contributed by atoms with Crippen LogP contribution in [0.15, 0.2) is 83.9 Å². The molecule has 3 aromatic rings.